The molecule has 4 heteroatoms. The number of fused-ring (bicyclic) bond motifs is 1. The first-order valence-electron chi connectivity index (χ1n) is 6.39. The van der Waals surface area contributed by atoms with Gasteiger partial charge >= 0.3 is 0 Å². The smallest absolute Gasteiger partial charge is 0.169 e. The molecule has 0 amide bonds. The SMILES string of the molecule is CC(=O)c1cc2c(N3CCCCC3)cncc2s1. The average molecular weight is 260 g/mol. The quantitative estimate of drug-likeness (QED) is 0.775. The van der Waals surface area contributed by atoms with Crippen LogP contribution in [-0.4, -0.2) is 23.9 Å². The van der Waals surface area contributed by atoms with Gasteiger partial charge in [0.1, 0.15) is 0 Å². The van der Waals surface area contributed by atoms with Gasteiger partial charge in [-0.3, -0.25) is 9.78 Å². The fourth-order valence-corrected chi connectivity index (χ4v) is 3.45. The molecule has 1 aliphatic rings. The number of rotatable bonds is 2. The highest BCUT2D eigenvalue weighted by Gasteiger charge is 2.16. The van der Waals surface area contributed by atoms with E-state index in [0.717, 1.165) is 22.7 Å². The highest BCUT2D eigenvalue weighted by molar-refractivity contribution is 7.20. The number of anilines is 1. The molecule has 2 aromatic heterocycles. The molecule has 1 aliphatic heterocycles. The van der Waals surface area contributed by atoms with E-state index in [9.17, 15) is 4.79 Å². The molecule has 0 aromatic carbocycles. The first kappa shape index (κ1) is 11.7. The van der Waals surface area contributed by atoms with Gasteiger partial charge in [0.15, 0.2) is 5.78 Å². The number of carbonyl (C=O) groups excluding carboxylic acids is 1. The van der Waals surface area contributed by atoms with Crippen LogP contribution in [-0.2, 0) is 0 Å². The van der Waals surface area contributed by atoms with E-state index in [1.54, 1.807) is 18.3 Å². The Balaban J connectivity index is 2.07. The van der Waals surface area contributed by atoms with E-state index in [0.29, 0.717) is 0 Å². The van der Waals surface area contributed by atoms with Crippen LogP contribution in [0.3, 0.4) is 0 Å². The maximum absolute atomic E-state index is 11.5. The van der Waals surface area contributed by atoms with E-state index < -0.39 is 0 Å². The molecular formula is C14H16N2OS. The Morgan fingerprint density at radius 2 is 2.06 bits per heavy atom. The first-order valence-corrected chi connectivity index (χ1v) is 7.21. The van der Waals surface area contributed by atoms with Gasteiger partial charge in [0.2, 0.25) is 0 Å². The molecule has 0 atom stereocenters. The van der Waals surface area contributed by atoms with E-state index in [-0.39, 0.29) is 5.78 Å². The standard InChI is InChI=1S/C14H16N2OS/c1-10(17)13-7-11-12(8-15-9-14(11)18-13)16-5-3-2-4-6-16/h7-9H,2-6H2,1H3. The van der Waals surface area contributed by atoms with Crippen molar-refractivity contribution >= 4 is 32.9 Å². The van der Waals surface area contributed by atoms with E-state index >= 15 is 0 Å². The van der Waals surface area contributed by atoms with Gasteiger partial charge in [-0.15, -0.1) is 11.3 Å². The van der Waals surface area contributed by atoms with Crippen LogP contribution < -0.4 is 4.90 Å². The van der Waals surface area contributed by atoms with Crippen LogP contribution in [0.25, 0.3) is 10.1 Å². The molecular weight excluding hydrogens is 244 g/mol. The average Bonchev–Trinajstić information content (AvgIpc) is 2.83. The molecule has 1 saturated heterocycles. The predicted octanol–water partition coefficient (Wildman–Crippen LogP) is 3.49. The second-order valence-electron chi connectivity index (χ2n) is 4.78. The molecule has 0 saturated carbocycles. The molecule has 1 fully saturated rings. The van der Waals surface area contributed by atoms with Crippen molar-refractivity contribution in [3.05, 3.63) is 23.3 Å². The van der Waals surface area contributed by atoms with Crippen molar-refractivity contribution in [3.63, 3.8) is 0 Å². The van der Waals surface area contributed by atoms with Crippen LogP contribution in [0.15, 0.2) is 18.5 Å². The number of Topliss-reactive ketones (excluding diaryl/α,β-unsaturated/α-hetero) is 1. The fraction of sp³-hybridized carbons (Fsp3) is 0.429. The zero-order valence-corrected chi connectivity index (χ0v) is 11.3. The number of thiophene rings is 1. The third-order valence-corrected chi connectivity index (χ3v) is 4.64. The Bertz CT molecular complexity index is 584. The van der Waals surface area contributed by atoms with Gasteiger partial charge in [-0.1, -0.05) is 0 Å². The van der Waals surface area contributed by atoms with Gasteiger partial charge in [0.05, 0.1) is 21.5 Å². The summed E-state index contributed by atoms with van der Waals surface area (Å²) in [6.45, 7) is 3.83. The molecule has 0 bridgehead atoms. The lowest BCUT2D eigenvalue weighted by Gasteiger charge is -2.28. The summed E-state index contributed by atoms with van der Waals surface area (Å²) in [5, 5.41) is 1.18. The minimum Gasteiger partial charge on any atom is -0.370 e. The summed E-state index contributed by atoms with van der Waals surface area (Å²) < 4.78 is 1.11. The van der Waals surface area contributed by atoms with Crippen molar-refractivity contribution in [2.45, 2.75) is 26.2 Å². The summed E-state index contributed by atoms with van der Waals surface area (Å²) in [7, 11) is 0. The number of hydrogen-bond donors (Lipinski definition) is 0. The molecule has 3 nitrogen and oxygen atoms in total. The zero-order chi connectivity index (χ0) is 12.5. The normalized spacial score (nSPS) is 16.2. The minimum absolute atomic E-state index is 0.140. The lowest BCUT2D eigenvalue weighted by molar-refractivity contribution is 0.102. The zero-order valence-electron chi connectivity index (χ0n) is 10.5. The molecule has 0 N–H and O–H groups in total. The second-order valence-corrected chi connectivity index (χ2v) is 5.87. The number of piperidine rings is 1. The topological polar surface area (TPSA) is 33.2 Å². The van der Waals surface area contributed by atoms with Crippen LogP contribution in [0.4, 0.5) is 5.69 Å². The van der Waals surface area contributed by atoms with Gasteiger partial charge in [-0.05, 0) is 32.3 Å². The molecule has 94 valence electrons. The molecule has 0 radical (unpaired) electrons. The fourth-order valence-electron chi connectivity index (χ4n) is 2.51. The monoisotopic (exact) mass is 260 g/mol. The van der Waals surface area contributed by atoms with Crippen molar-refractivity contribution in [1.82, 2.24) is 4.98 Å². The highest BCUT2D eigenvalue weighted by Crippen LogP contribution is 2.33. The minimum atomic E-state index is 0.140. The molecule has 3 rings (SSSR count). The summed E-state index contributed by atoms with van der Waals surface area (Å²) in [4.78, 5) is 19.0. The third kappa shape index (κ3) is 2.01. The van der Waals surface area contributed by atoms with Crippen LogP contribution in [0.5, 0.6) is 0 Å². The maximum atomic E-state index is 11.5. The number of carbonyl (C=O) groups is 1. The lowest BCUT2D eigenvalue weighted by atomic mass is 10.1. The van der Waals surface area contributed by atoms with E-state index in [1.165, 1.54) is 30.3 Å². The van der Waals surface area contributed by atoms with Crippen LogP contribution >= 0.6 is 11.3 Å². The van der Waals surface area contributed by atoms with Crippen LogP contribution in [0, 0.1) is 0 Å². The van der Waals surface area contributed by atoms with Gasteiger partial charge in [-0.2, -0.15) is 0 Å². The molecule has 2 aromatic rings. The number of nitrogens with zero attached hydrogens (tertiary/aromatic N) is 2. The molecule has 18 heavy (non-hydrogen) atoms. The van der Waals surface area contributed by atoms with Crippen LogP contribution in [0.1, 0.15) is 35.9 Å². The Kier molecular flexibility index (Phi) is 3.04. The van der Waals surface area contributed by atoms with E-state index in [2.05, 4.69) is 9.88 Å². The summed E-state index contributed by atoms with van der Waals surface area (Å²) in [5.41, 5.74) is 1.19. The third-order valence-electron chi connectivity index (χ3n) is 3.47. The first-order chi connectivity index (χ1) is 8.75. The van der Waals surface area contributed by atoms with Crippen molar-refractivity contribution in [2.75, 3.05) is 18.0 Å². The Hall–Kier alpha value is -1.42. The van der Waals surface area contributed by atoms with Gasteiger partial charge in [-0.25, -0.2) is 0 Å². The number of aromatic nitrogens is 1. The lowest BCUT2D eigenvalue weighted by Crippen LogP contribution is -2.29. The summed E-state index contributed by atoms with van der Waals surface area (Å²) in [5.74, 6) is 0.140. The van der Waals surface area contributed by atoms with Gasteiger partial charge in [0, 0.05) is 24.7 Å². The van der Waals surface area contributed by atoms with Crippen molar-refractivity contribution in [1.29, 1.82) is 0 Å². The van der Waals surface area contributed by atoms with Crippen molar-refractivity contribution in [3.8, 4) is 0 Å². The Morgan fingerprint density at radius 1 is 1.28 bits per heavy atom. The summed E-state index contributed by atoms with van der Waals surface area (Å²) in [6, 6.07) is 2.02. The highest BCUT2D eigenvalue weighted by atomic mass is 32.1. The number of ketones is 1. The summed E-state index contributed by atoms with van der Waals surface area (Å²) in [6.07, 6.45) is 7.62. The van der Waals surface area contributed by atoms with Gasteiger partial charge < -0.3 is 4.90 Å². The summed E-state index contributed by atoms with van der Waals surface area (Å²) >= 11 is 1.54. The largest absolute Gasteiger partial charge is 0.370 e. The Morgan fingerprint density at radius 3 is 2.78 bits per heavy atom. The van der Waals surface area contributed by atoms with Crippen molar-refractivity contribution in [2.24, 2.45) is 0 Å². The van der Waals surface area contributed by atoms with E-state index in [4.69, 9.17) is 0 Å². The second kappa shape index (κ2) is 4.69. The number of hydrogen-bond acceptors (Lipinski definition) is 4. The molecule has 3 heterocycles. The van der Waals surface area contributed by atoms with Crippen LogP contribution in [0.2, 0.25) is 0 Å². The Labute approximate surface area is 110 Å². The van der Waals surface area contributed by atoms with Gasteiger partial charge in [0.25, 0.3) is 0 Å². The molecule has 0 unspecified atom stereocenters. The molecule has 0 aliphatic carbocycles. The number of pyridine rings is 1. The maximum Gasteiger partial charge on any atom is 0.169 e. The van der Waals surface area contributed by atoms with Crippen molar-refractivity contribution < 1.29 is 4.79 Å². The predicted molar refractivity (Wildman–Crippen MR) is 75.7 cm³/mol. The van der Waals surface area contributed by atoms with E-state index in [1.807, 2.05) is 18.5 Å². The molecule has 0 spiro atoms.